The first-order chi connectivity index (χ1) is 19.6. The van der Waals surface area contributed by atoms with Crippen LogP contribution in [-0.2, 0) is 45.2 Å². The van der Waals surface area contributed by atoms with Gasteiger partial charge in [-0.25, -0.2) is 4.98 Å². The van der Waals surface area contributed by atoms with Gasteiger partial charge < -0.3 is 23.8 Å². The van der Waals surface area contributed by atoms with Crippen LogP contribution in [-0.4, -0.2) is 75.4 Å². The van der Waals surface area contributed by atoms with Crippen LogP contribution in [0.1, 0.15) is 51.0 Å². The van der Waals surface area contributed by atoms with Crippen LogP contribution in [0.25, 0.3) is 11.2 Å². The molecule has 6 rings (SSSR count). The molecule has 5 unspecified atom stereocenters. The number of aryl methyl sites for hydroxylation is 1. The molecule has 1 aliphatic carbocycles. The Kier molecular flexibility index (Phi) is 7.06. The van der Waals surface area contributed by atoms with Crippen molar-refractivity contribution in [3.8, 4) is 0 Å². The number of benzene rings is 1. The van der Waals surface area contributed by atoms with Crippen molar-refractivity contribution >= 4 is 46.5 Å². The number of hydrogen-bond donors (Lipinski definition) is 0. The quantitative estimate of drug-likeness (QED) is 0.241. The van der Waals surface area contributed by atoms with Gasteiger partial charge in [-0.15, -0.1) is 0 Å². The zero-order valence-corrected chi connectivity index (χ0v) is 23.7. The molecule has 12 nitrogen and oxygen atoms in total. The number of imidazole rings is 1. The number of halogens is 1. The molecule has 0 N–H and O–H groups in total. The van der Waals surface area contributed by atoms with Crippen molar-refractivity contribution in [3.05, 3.63) is 47.0 Å². The molecule has 0 radical (unpaired) electrons. The molecular formula is C28H30ClN5O7. The van der Waals surface area contributed by atoms with Gasteiger partial charge in [0.2, 0.25) is 5.28 Å². The third-order valence-electron chi connectivity index (χ3n) is 8.11. The minimum Gasteiger partial charge on any atom is -0.463 e. The summed E-state index contributed by atoms with van der Waals surface area (Å²) in [5.74, 6) is -1.14. The Morgan fingerprint density at radius 3 is 2.56 bits per heavy atom. The second kappa shape index (κ2) is 10.6. The van der Waals surface area contributed by atoms with E-state index in [1.54, 1.807) is 4.57 Å². The maximum atomic E-state index is 12.1. The average Bonchev–Trinajstić information content (AvgIpc) is 3.69. The van der Waals surface area contributed by atoms with Crippen LogP contribution >= 0.6 is 11.6 Å². The first-order valence-corrected chi connectivity index (χ1v) is 13.9. The highest BCUT2D eigenvalue weighted by Crippen LogP contribution is 2.47. The Morgan fingerprint density at radius 1 is 1.05 bits per heavy atom. The number of nitrogens with zero attached hydrogens (tertiary/aromatic N) is 5. The summed E-state index contributed by atoms with van der Waals surface area (Å²) in [5.41, 5.74) is 3.70. The second-order valence-corrected chi connectivity index (χ2v) is 11.1. The van der Waals surface area contributed by atoms with Crippen molar-refractivity contribution in [1.82, 2.24) is 19.5 Å². The lowest BCUT2D eigenvalue weighted by molar-refractivity contribution is -0.166. The predicted molar refractivity (Wildman–Crippen MR) is 145 cm³/mol. The molecule has 0 amide bonds. The fourth-order valence-corrected chi connectivity index (χ4v) is 6.60. The fourth-order valence-electron chi connectivity index (χ4n) is 6.44. The Balaban J connectivity index is 1.36. The van der Waals surface area contributed by atoms with Crippen LogP contribution in [0.15, 0.2) is 30.6 Å². The van der Waals surface area contributed by atoms with E-state index in [-0.39, 0.29) is 17.3 Å². The normalized spacial score (nSPS) is 26.9. The van der Waals surface area contributed by atoms with Gasteiger partial charge >= 0.3 is 17.9 Å². The molecule has 13 heteroatoms. The van der Waals surface area contributed by atoms with Gasteiger partial charge in [0.25, 0.3) is 0 Å². The van der Waals surface area contributed by atoms with Crippen LogP contribution in [0.5, 0.6) is 0 Å². The highest BCUT2D eigenvalue weighted by molar-refractivity contribution is 6.28. The monoisotopic (exact) mass is 583 g/mol. The number of ether oxygens (including phenoxy) is 4. The van der Waals surface area contributed by atoms with Crippen LogP contribution in [0.4, 0.5) is 5.82 Å². The van der Waals surface area contributed by atoms with E-state index in [1.807, 2.05) is 0 Å². The molecule has 5 atom stereocenters. The van der Waals surface area contributed by atoms with Crippen molar-refractivity contribution in [2.45, 2.75) is 70.0 Å². The number of fused-ring (bicyclic) bond motifs is 3. The summed E-state index contributed by atoms with van der Waals surface area (Å²) in [6, 6.07) is 8.60. The molecule has 1 spiro atoms. The number of carbonyl (C=O) groups excluding carboxylic acids is 3. The zero-order valence-electron chi connectivity index (χ0n) is 22.9. The summed E-state index contributed by atoms with van der Waals surface area (Å²) in [6.07, 6.45) is 0.582. The lowest BCUT2D eigenvalue weighted by Gasteiger charge is -2.26. The number of anilines is 1. The molecule has 2 aromatic heterocycles. The summed E-state index contributed by atoms with van der Waals surface area (Å²) in [5, 5.41) is 0.0251. The SMILES string of the molecule is CC(=O)OCC1OC(n2cnc3c(N4CCC5(CCc6ccccc65)C4)nc(Cl)nc32)C(OC(C)=O)C1OC(C)=O. The van der Waals surface area contributed by atoms with E-state index >= 15 is 0 Å². The molecule has 0 bridgehead atoms. The van der Waals surface area contributed by atoms with Crippen molar-refractivity contribution in [2.75, 3.05) is 24.6 Å². The van der Waals surface area contributed by atoms with Crippen molar-refractivity contribution < 1.29 is 33.3 Å². The van der Waals surface area contributed by atoms with E-state index in [0.717, 1.165) is 32.4 Å². The summed E-state index contributed by atoms with van der Waals surface area (Å²) < 4.78 is 24.0. The fraction of sp³-hybridized carbons (Fsp3) is 0.500. The molecule has 1 aromatic carbocycles. The molecular weight excluding hydrogens is 554 g/mol. The van der Waals surface area contributed by atoms with Gasteiger partial charge in [0.05, 0.1) is 6.33 Å². The van der Waals surface area contributed by atoms with Gasteiger partial charge in [0.1, 0.15) is 12.7 Å². The number of rotatable bonds is 6. The van der Waals surface area contributed by atoms with Crippen LogP contribution in [0.2, 0.25) is 5.28 Å². The van der Waals surface area contributed by atoms with Crippen molar-refractivity contribution in [1.29, 1.82) is 0 Å². The minimum absolute atomic E-state index is 0.0251. The molecule has 2 fully saturated rings. The predicted octanol–water partition coefficient (Wildman–Crippen LogP) is 2.90. The standard InChI is InChI=1S/C28H30ClN5O7/c1-15(35)38-12-20-22(39-16(2)36)23(40-17(3)37)26(41-20)34-14-30-21-24(31-27(29)32-25(21)34)33-11-10-28(13-33)9-8-18-6-4-5-7-19(18)28/h4-7,14,20,22-23,26H,8-13H2,1-3H3. The number of aromatic nitrogens is 4. The van der Waals surface area contributed by atoms with Gasteiger partial charge in [-0.3, -0.25) is 19.0 Å². The molecule has 4 heterocycles. The third-order valence-corrected chi connectivity index (χ3v) is 8.27. The van der Waals surface area contributed by atoms with E-state index in [9.17, 15) is 14.4 Å². The molecule has 41 heavy (non-hydrogen) atoms. The Hall–Kier alpha value is -3.77. The maximum absolute atomic E-state index is 12.1. The Labute approximate surface area is 240 Å². The lowest BCUT2D eigenvalue weighted by Crippen LogP contribution is -2.40. The highest BCUT2D eigenvalue weighted by Gasteiger charge is 2.51. The molecule has 3 aliphatic rings. The minimum atomic E-state index is -1.07. The third kappa shape index (κ3) is 4.99. The van der Waals surface area contributed by atoms with E-state index in [0.29, 0.717) is 17.0 Å². The average molecular weight is 584 g/mol. The molecule has 3 aromatic rings. The first kappa shape index (κ1) is 27.4. The van der Waals surface area contributed by atoms with Crippen LogP contribution in [0, 0.1) is 0 Å². The van der Waals surface area contributed by atoms with Gasteiger partial charge in [-0.2, -0.15) is 9.97 Å². The van der Waals surface area contributed by atoms with Gasteiger partial charge in [-0.05, 0) is 42.0 Å². The second-order valence-electron chi connectivity index (χ2n) is 10.8. The zero-order chi connectivity index (χ0) is 28.9. The number of hydrogen-bond acceptors (Lipinski definition) is 11. The van der Waals surface area contributed by atoms with E-state index < -0.39 is 42.4 Å². The summed E-state index contributed by atoms with van der Waals surface area (Å²) in [6.45, 7) is 5.07. The lowest BCUT2D eigenvalue weighted by atomic mass is 9.81. The van der Waals surface area contributed by atoms with E-state index in [2.05, 4.69) is 44.1 Å². The van der Waals surface area contributed by atoms with Crippen LogP contribution < -0.4 is 4.90 Å². The van der Waals surface area contributed by atoms with Crippen molar-refractivity contribution in [2.24, 2.45) is 0 Å². The highest BCUT2D eigenvalue weighted by atomic mass is 35.5. The van der Waals surface area contributed by atoms with Gasteiger partial charge in [0, 0.05) is 39.3 Å². The Morgan fingerprint density at radius 2 is 1.80 bits per heavy atom. The maximum Gasteiger partial charge on any atom is 0.303 e. The van der Waals surface area contributed by atoms with E-state index in [4.69, 9.17) is 30.5 Å². The molecule has 2 saturated heterocycles. The topological polar surface area (TPSA) is 135 Å². The Bertz CT molecular complexity index is 1530. The molecule has 2 aliphatic heterocycles. The summed E-state index contributed by atoms with van der Waals surface area (Å²) in [4.78, 5) is 51.4. The largest absolute Gasteiger partial charge is 0.463 e. The van der Waals surface area contributed by atoms with Crippen molar-refractivity contribution in [3.63, 3.8) is 0 Å². The number of esters is 3. The van der Waals surface area contributed by atoms with Gasteiger partial charge in [-0.1, -0.05) is 24.3 Å². The van der Waals surface area contributed by atoms with Gasteiger partial charge in [0.15, 0.2) is 35.4 Å². The smallest absolute Gasteiger partial charge is 0.303 e. The summed E-state index contributed by atoms with van der Waals surface area (Å²) >= 11 is 6.46. The molecule has 0 saturated carbocycles. The van der Waals surface area contributed by atoms with E-state index in [1.165, 1.54) is 38.2 Å². The van der Waals surface area contributed by atoms with Crippen LogP contribution in [0.3, 0.4) is 0 Å². The summed E-state index contributed by atoms with van der Waals surface area (Å²) in [7, 11) is 0. The molecule has 216 valence electrons. The number of carbonyl (C=O) groups is 3. The first-order valence-electron chi connectivity index (χ1n) is 13.5.